The van der Waals surface area contributed by atoms with Crippen LogP contribution in [0.4, 0.5) is 0 Å². The Kier molecular flexibility index (Phi) is 4.01. The minimum absolute atomic E-state index is 0.0469. The van der Waals surface area contributed by atoms with Crippen molar-refractivity contribution in [3.05, 3.63) is 71.8 Å². The molecule has 0 bridgehead atoms. The molecule has 0 unspecified atom stereocenters. The second-order valence-corrected chi connectivity index (χ2v) is 6.53. The summed E-state index contributed by atoms with van der Waals surface area (Å²) in [5, 5.41) is 0. The third kappa shape index (κ3) is 2.81. The van der Waals surface area contributed by atoms with E-state index in [9.17, 15) is 9.59 Å². The fourth-order valence-electron chi connectivity index (χ4n) is 3.63. The lowest BCUT2D eigenvalue weighted by atomic mass is 10.0. The third-order valence-corrected chi connectivity index (χ3v) is 4.82. The van der Waals surface area contributed by atoms with Gasteiger partial charge < -0.3 is 9.64 Å². The van der Waals surface area contributed by atoms with Crippen molar-refractivity contribution in [3.63, 3.8) is 0 Å². The molecule has 0 N–H and O–H groups in total. The van der Waals surface area contributed by atoms with Crippen LogP contribution < -0.4 is 0 Å². The first-order chi connectivity index (χ1) is 12.1. The molecule has 2 amide bonds. The van der Waals surface area contributed by atoms with Crippen LogP contribution >= 0.6 is 0 Å². The van der Waals surface area contributed by atoms with E-state index in [0.29, 0.717) is 6.54 Å². The average Bonchev–Trinajstić information content (AvgIpc) is 2.99. The van der Waals surface area contributed by atoms with E-state index in [2.05, 4.69) is 0 Å². The van der Waals surface area contributed by atoms with Gasteiger partial charge in [-0.25, -0.2) is 0 Å². The van der Waals surface area contributed by atoms with Gasteiger partial charge >= 0.3 is 0 Å². The molecule has 3 atom stereocenters. The minimum Gasteiger partial charge on any atom is -0.348 e. The Morgan fingerprint density at radius 1 is 1.00 bits per heavy atom. The standard InChI is InChI=1S/C20H20N2O3/c1-14-18-19(24)21(12-15-8-4-2-5-9-15)13-17(23)22(18)20(25-14)16-10-6-3-7-11-16/h2-11,14,18,20H,12-13H2,1H3/t14-,18+,20-/m1/s1. The van der Waals surface area contributed by atoms with Crippen molar-refractivity contribution in [2.45, 2.75) is 31.8 Å². The predicted octanol–water partition coefficient (Wildman–Crippen LogP) is 2.34. The normalized spacial score (nSPS) is 26.0. The largest absolute Gasteiger partial charge is 0.348 e. The Hall–Kier alpha value is -2.66. The van der Waals surface area contributed by atoms with Crippen molar-refractivity contribution in [3.8, 4) is 0 Å². The Morgan fingerprint density at radius 3 is 2.32 bits per heavy atom. The van der Waals surface area contributed by atoms with Crippen LogP contribution in [-0.4, -0.2) is 40.3 Å². The SMILES string of the molecule is C[C@H]1O[C@H](c2ccccc2)N2C(=O)CN(Cc3ccccc3)C(=O)[C@H]12. The first-order valence-corrected chi connectivity index (χ1v) is 8.49. The van der Waals surface area contributed by atoms with Gasteiger partial charge in [0.2, 0.25) is 11.8 Å². The van der Waals surface area contributed by atoms with E-state index in [4.69, 9.17) is 4.74 Å². The summed E-state index contributed by atoms with van der Waals surface area (Å²) in [4.78, 5) is 29.0. The van der Waals surface area contributed by atoms with Crippen molar-refractivity contribution in [2.24, 2.45) is 0 Å². The van der Waals surface area contributed by atoms with Gasteiger partial charge in [0, 0.05) is 12.1 Å². The molecule has 4 rings (SSSR count). The summed E-state index contributed by atoms with van der Waals surface area (Å²) in [6, 6.07) is 18.8. The number of hydrogen-bond donors (Lipinski definition) is 0. The Morgan fingerprint density at radius 2 is 1.64 bits per heavy atom. The highest BCUT2D eigenvalue weighted by Crippen LogP contribution is 2.37. The maximum absolute atomic E-state index is 13.0. The molecule has 5 heteroatoms. The topological polar surface area (TPSA) is 49.9 Å². The van der Waals surface area contributed by atoms with E-state index >= 15 is 0 Å². The summed E-state index contributed by atoms with van der Waals surface area (Å²) in [5.74, 6) is -0.117. The molecule has 2 saturated heterocycles. The summed E-state index contributed by atoms with van der Waals surface area (Å²) >= 11 is 0. The number of rotatable bonds is 3. The molecule has 0 aliphatic carbocycles. The molecule has 25 heavy (non-hydrogen) atoms. The van der Waals surface area contributed by atoms with E-state index in [1.807, 2.05) is 67.6 Å². The molecule has 2 aliphatic heterocycles. The summed E-state index contributed by atoms with van der Waals surface area (Å²) in [6.07, 6.45) is -0.822. The molecular formula is C20H20N2O3. The van der Waals surface area contributed by atoms with E-state index in [1.165, 1.54) is 0 Å². The van der Waals surface area contributed by atoms with Crippen LogP contribution in [0.15, 0.2) is 60.7 Å². The summed E-state index contributed by atoms with van der Waals surface area (Å²) < 4.78 is 5.99. The van der Waals surface area contributed by atoms with Crippen LogP contribution in [0.25, 0.3) is 0 Å². The molecule has 0 saturated carbocycles. The summed E-state index contributed by atoms with van der Waals surface area (Å²) in [6.45, 7) is 2.39. The lowest BCUT2D eigenvalue weighted by Crippen LogP contribution is -2.59. The molecule has 128 valence electrons. The van der Waals surface area contributed by atoms with Gasteiger partial charge in [0.1, 0.15) is 12.6 Å². The van der Waals surface area contributed by atoms with Gasteiger partial charge in [-0.05, 0) is 12.5 Å². The molecule has 2 heterocycles. The molecule has 0 spiro atoms. The van der Waals surface area contributed by atoms with Crippen LogP contribution in [-0.2, 0) is 20.9 Å². The number of ether oxygens (including phenoxy) is 1. The Balaban J connectivity index is 1.60. The first-order valence-electron chi connectivity index (χ1n) is 8.49. The molecule has 0 aromatic heterocycles. The average molecular weight is 336 g/mol. The number of benzene rings is 2. The Labute approximate surface area is 146 Å². The lowest BCUT2D eigenvalue weighted by Gasteiger charge is -2.38. The first kappa shape index (κ1) is 15.8. The monoisotopic (exact) mass is 336 g/mol. The molecule has 2 aliphatic rings. The van der Waals surface area contributed by atoms with Crippen LogP contribution in [0.3, 0.4) is 0 Å². The number of carbonyl (C=O) groups is 2. The van der Waals surface area contributed by atoms with Gasteiger partial charge in [0.15, 0.2) is 6.23 Å². The van der Waals surface area contributed by atoms with Crippen LogP contribution in [0.5, 0.6) is 0 Å². The van der Waals surface area contributed by atoms with Crippen molar-refractivity contribution >= 4 is 11.8 Å². The lowest BCUT2D eigenvalue weighted by molar-refractivity contribution is -0.157. The number of amides is 2. The second kappa shape index (κ2) is 6.33. The smallest absolute Gasteiger partial charge is 0.248 e. The fourth-order valence-corrected chi connectivity index (χ4v) is 3.63. The Bertz CT molecular complexity index is 778. The van der Waals surface area contributed by atoms with Gasteiger partial charge in [-0.1, -0.05) is 60.7 Å². The maximum atomic E-state index is 13.0. The van der Waals surface area contributed by atoms with Crippen molar-refractivity contribution < 1.29 is 14.3 Å². The zero-order chi connectivity index (χ0) is 17.4. The molecule has 5 nitrogen and oxygen atoms in total. The van der Waals surface area contributed by atoms with E-state index in [-0.39, 0.29) is 24.5 Å². The highest BCUT2D eigenvalue weighted by atomic mass is 16.5. The number of nitrogens with zero attached hydrogens (tertiary/aromatic N) is 2. The minimum atomic E-state index is -0.560. The van der Waals surface area contributed by atoms with Gasteiger partial charge in [0.25, 0.3) is 0 Å². The predicted molar refractivity (Wildman–Crippen MR) is 92.2 cm³/mol. The summed E-state index contributed by atoms with van der Waals surface area (Å²) in [5.41, 5.74) is 1.91. The van der Waals surface area contributed by atoms with Gasteiger partial charge in [-0.3, -0.25) is 14.5 Å². The molecular weight excluding hydrogens is 316 g/mol. The number of hydrogen-bond acceptors (Lipinski definition) is 3. The molecule has 2 fully saturated rings. The highest BCUT2D eigenvalue weighted by Gasteiger charge is 2.51. The zero-order valence-corrected chi connectivity index (χ0v) is 14.0. The number of piperazine rings is 1. The molecule has 0 radical (unpaired) electrons. The van der Waals surface area contributed by atoms with Crippen molar-refractivity contribution in [1.82, 2.24) is 9.80 Å². The van der Waals surface area contributed by atoms with Gasteiger partial charge in [-0.2, -0.15) is 0 Å². The number of fused-ring (bicyclic) bond motifs is 1. The molecule has 2 aromatic carbocycles. The second-order valence-electron chi connectivity index (χ2n) is 6.53. The van der Waals surface area contributed by atoms with Crippen LogP contribution in [0.2, 0.25) is 0 Å². The highest BCUT2D eigenvalue weighted by molar-refractivity contribution is 5.96. The van der Waals surface area contributed by atoms with Crippen LogP contribution in [0, 0.1) is 0 Å². The quantitative estimate of drug-likeness (QED) is 0.864. The van der Waals surface area contributed by atoms with Crippen LogP contribution in [0.1, 0.15) is 24.3 Å². The third-order valence-electron chi connectivity index (χ3n) is 4.82. The van der Waals surface area contributed by atoms with Gasteiger partial charge in [-0.15, -0.1) is 0 Å². The number of carbonyl (C=O) groups excluding carboxylic acids is 2. The molecule has 2 aromatic rings. The van der Waals surface area contributed by atoms with E-state index < -0.39 is 12.3 Å². The zero-order valence-electron chi connectivity index (χ0n) is 14.0. The fraction of sp³-hybridized carbons (Fsp3) is 0.300. The maximum Gasteiger partial charge on any atom is 0.248 e. The summed E-state index contributed by atoms with van der Waals surface area (Å²) in [7, 11) is 0. The van der Waals surface area contributed by atoms with Crippen molar-refractivity contribution in [2.75, 3.05) is 6.54 Å². The van der Waals surface area contributed by atoms with E-state index in [0.717, 1.165) is 11.1 Å². The van der Waals surface area contributed by atoms with E-state index in [1.54, 1.807) is 9.80 Å². The van der Waals surface area contributed by atoms with Crippen molar-refractivity contribution in [1.29, 1.82) is 0 Å². The van der Waals surface area contributed by atoms with Gasteiger partial charge in [0.05, 0.1) is 6.10 Å².